The Morgan fingerprint density at radius 2 is 1.88 bits per heavy atom. The molecule has 134 valence electrons. The van der Waals surface area contributed by atoms with Gasteiger partial charge < -0.3 is 19.8 Å². The summed E-state index contributed by atoms with van der Waals surface area (Å²) in [6.07, 6.45) is -0.569. The van der Waals surface area contributed by atoms with Gasteiger partial charge in [0, 0.05) is 6.54 Å². The number of furan rings is 1. The third kappa shape index (κ3) is 6.29. The van der Waals surface area contributed by atoms with E-state index in [1.165, 1.54) is 18.2 Å². The van der Waals surface area contributed by atoms with E-state index in [1.807, 2.05) is 0 Å². The Kier molecular flexibility index (Phi) is 5.80. The quantitative estimate of drug-likeness (QED) is 0.868. The molecule has 0 saturated heterocycles. The molecule has 1 aromatic heterocycles. The van der Waals surface area contributed by atoms with Crippen molar-refractivity contribution in [1.29, 1.82) is 0 Å². The summed E-state index contributed by atoms with van der Waals surface area (Å²) in [5, 5.41) is 5.18. The molecule has 1 aromatic carbocycles. The maximum absolute atomic E-state index is 13.1. The lowest BCUT2D eigenvalue weighted by Crippen LogP contribution is -2.32. The Labute approximate surface area is 145 Å². The lowest BCUT2D eigenvalue weighted by atomic mass is 10.2. The van der Waals surface area contributed by atoms with Crippen LogP contribution in [0.3, 0.4) is 0 Å². The van der Waals surface area contributed by atoms with Gasteiger partial charge in [0.15, 0.2) is 5.76 Å². The van der Waals surface area contributed by atoms with Crippen molar-refractivity contribution in [3.05, 3.63) is 59.3 Å². The Balaban J connectivity index is 1.83. The van der Waals surface area contributed by atoms with Crippen LogP contribution in [0, 0.1) is 5.82 Å². The van der Waals surface area contributed by atoms with Crippen molar-refractivity contribution in [3.63, 3.8) is 0 Å². The van der Waals surface area contributed by atoms with Gasteiger partial charge in [-0.3, -0.25) is 4.79 Å². The molecule has 0 bridgehead atoms. The Morgan fingerprint density at radius 3 is 2.56 bits per heavy atom. The molecule has 2 amide bonds. The molecule has 7 heteroatoms. The van der Waals surface area contributed by atoms with Crippen LogP contribution in [-0.2, 0) is 17.8 Å². The second-order valence-corrected chi connectivity index (χ2v) is 6.43. The maximum Gasteiger partial charge on any atom is 0.408 e. The molecule has 0 aliphatic carbocycles. The number of halogens is 1. The fourth-order valence-corrected chi connectivity index (χ4v) is 1.98. The van der Waals surface area contributed by atoms with Crippen LogP contribution in [0.4, 0.5) is 9.18 Å². The van der Waals surface area contributed by atoms with Gasteiger partial charge in [0.05, 0.1) is 6.54 Å². The number of hydrogen-bond donors (Lipinski definition) is 2. The second kappa shape index (κ2) is 7.83. The van der Waals surface area contributed by atoms with E-state index in [1.54, 1.807) is 39.0 Å². The van der Waals surface area contributed by atoms with Crippen LogP contribution in [0.1, 0.15) is 42.6 Å². The van der Waals surface area contributed by atoms with Gasteiger partial charge in [0.1, 0.15) is 17.2 Å². The molecule has 0 spiro atoms. The highest BCUT2D eigenvalue weighted by Crippen LogP contribution is 2.10. The van der Waals surface area contributed by atoms with Crippen LogP contribution in [-0.4, -0.2) is 17.6 Å². The summed E-state index contributed by atoms with van der Waals surface area (Å²) in [7, 11) is 0. The number of hydrogen-bond acceptors (Lipinski definition) is 4. The average Bonchev–Trinajstić information content (AvgIpc) is 2.98. The van der Waals surface area contributed by atoms with E-state index in [9.17, 15) is 14.0 Å². The first-order valence-electron chi connectivity index (χ1n) is 7.81. The van der Waals surface area contributed by atoms with Crippen LogP contribution in [0.5, 0.6) is 0 Å². The highest BCUT2D eigenvalue weighted by atomic mass is 19.1. The third-order valence-electron chi connectivity index (χ3n) is 3.03. The van der Waals surface area contributed by atoms with Gasteiger partial charge in [-0.2, -0.15) is 0 Å². The third-order valence-corrected chi connectivity index (χ3v) is 3.03. The molecular weight excluding hydrogens is 327 g/mol. The second-order valence-electron chi connectivity index (χ2n) is 6.43. The predicted octanol–water partition coefficient (Wildman–Crippen LogP) is 3.37. The zero-order chi connectivity index (χ0) is 18.4. The van der Waals surface area contributed by atoms with Crippen LogP contribution >= 0.6 is 0 Å². The van der Waals surface area contributed by atoms with E-state index < -0.39 is 17.6 Å². The SMILES string of the molecule is CC(C)(C)OC(=O)NCc1ccc(C(=O)NCc2cccc(F)c2)o1. The van der Waals surface area contributed by atoms with Gasteiger partial charge in [0.2, 0.25) is 0 Å². The minimum Gasteiger partial charge on any atom is -0.454 e. The minimum absolute atomic E-state index is 0.103. The van der Waals surface area contributed by atoms with Gasteiger partial charge in [-0.1, -0.05) is 12.1 Å². The molecule has 2 rings (SSSR count). The first-order valence-corrected chi connectivity index (χ1v) is 7.81. The fourth-order valence-electron chi connectivity index (χ4n) is 1.98. The lowest BCUT2D eigenvalue weighted by molar-refractivity contribution is 0.0520. The molecule has 25 heavy (non-hydrogen) atoms. The van der Waals surface area contributed by atoms with Crippen LogP contribution < -0.4 is 10.6 Å². The van der Waals surface area contributed by atoms with Crippen molar-refractivity contribution >= 4 is 12.0 Å². The topological polar surface area (TPSA) is 80.6 Å². The number of benzene rings is 1. The first kappa shape index (κ1) is 18.5. The minimum atomic E-state index is -0.588. The van der Waals surface area contributed by atoms with Crippen LogP contribution in [0.15, 0.2) is 40.8 Å². The van der Waals surface area contributed by atoms with E-state index in [-0.39, 0.29) is 24.7 Å². The molecular formula is C18H21FN2O4. The Bertz CT molecular complexity index is 750. The van der Waals surface area contributed by atoms with Crippen molar-refractivity contribution in [3.8, 4) is 0 Å². The van der Waals surface area contributed by atoms with Crippen molar-refractivity contribution < 1.29 is 23.1 Å². The van der Waals surface area contributed by atoms with Gasteiger partial charge in [-0.15, -0.1) is 0 Å². The summed E-state index contributed by atoms with van der Waals surface area (Å²) in [6, 6.07) is 9.06. The highest BCUT2D eigenvalue weighted by Gasteiger charge is 2.17. The van der Waals surface area contributed by atoms with E-state index in [4.69, 9.17) is 9.15 Å². The van der Waals surface area contributed by atoms with Gasteiger partial charge >= 0.3 is 6.09 Å². The van der Waals surface area contributed by atoms with E-state index in [0.717, 1.165) is 0 Å². The summed E-state index contributed by atoms with van der Waals surface area (Å²) < 4.78 is 23.6. The lowest BCUT2D eigenvalue weighted by Gasteiger charge is -2.19. The molecule has 0 aliphatic rings. The molecule has 0 atom stereocenters. The largest absolute Gasteiger partial charge is 0.454 e. The molecule has 1 heterocycles. The van der Waals surface area contributed by atoms with E-state index >= 15 is 0 Å². The predicted molar refractivity (Wildman–Crippen MR) is 89.4 cm³/mol. The summed E-state index contributed by atoms with van der Waals surface area (Å²) in [5.74, 6) is -0.257. The number of ether oxygens (including phenoxy) is 1. The van der Waals surface area contributed by atoms with E-state index in [0.29, 0.717) is 11.3 Å². The molecule has 6 nitrogen and oxygen atoms in total. The summed E-state index contributed by atoms with van der Waals surface area (Å²) in [4.78, 5) is 23.6. The van der Waals surface area contributed by atoms with Crippen LogP contribution in [0.2, 0.25) is 0 Å². The van der Waals surface area contributed by atoms with Crippen LogP contribution in [0.25, 0.3) is 0 Å². The van der Waals surface area contributed by atoms with Gasteiger partial charge in [-0.05, 0) is 50.6 Å². The fraction of sp³-hybridized carbons (Fsp3) is 0.333. The van der Waals surface area contributed by atoms with Crippen molar-refractivity contribution in [2.75, 3.05) is 0 Å². The van der Waals surface area contributed by atoms with Gasteiger partial charge in [-0.25, -0.2) is 9.18 Å². The smallest absolute Gasteiger partial charge is 0.408 e. The van der Waals surface area contributed by atoms with Crippen molar-refractivity contribution in [2.24, 2.45) is 0 Å². The molecule has 0 fully saturated rings. The summed E-state index contributed by atoms with van der Waals surface area (Å²) >= 11 is 0. The zero-order valence-corrected chi connectivity index (χ0v) is 14.4. The Morgan fingerprint density at radius 1 is 1.12 bits per heavy atom. The number of amides is 2. The molecule has 2 aromatic rings. The summed E-state index contributed by atoms with van der Waals surface area (Å²) in [5.41, 5.74) is 0.0570. The highest BCUT2D eigenvalue weighted by molar-refractivity contribution is 5.91. The number of rotatable bonds is 5. The molecule has 0 saturated carbocycles. The number of nitrogens with one attached hydrogen (secondary N) is 2. The van der Waals surface area contributed by atoms with Crippen molar-refractivity contribution in [2.45, 2.75) is 39.5 Å². The number of carbonyl (C=O) groups excluding carboxylic acids is 2. The molecule has 0 aliphatic heterocycles. The molecule has 2 N–H and O–H groups in total. The van der Waals surface area contributed by atoms with Gasteiger partial charge in [0.25, 0.3) is 5.91 Å². The number of carbonyl (C=O) groups is 2. The maximum atomic E-state index is 13.1. The van der Waals surface area contributed by atoms with Crippen molar-refractivity contribution in [1.82, 2.24) is 10.6 Å². The summed E-state index contributed by atoms with van der Waals surface area (Å²) in [6.45, 7) is 5.58. The average molecular weight is 348 g/mol. The monoisotopic (exact) mass is 348 g/mol. The standard InChI is InChI=1S/C18H21FN2O4/c1-18(2,3)25-17(23)21-11-14-7-8-15(24-14)16(22)20-10-12-5-4-6-13(19)9-12/h4-9H,10-11H2,1-3H3,(H,20,22)(H,21,23). The zero-order valence-electron chi connectivity index (χ0n) is 14.4. The van der Waals surface area contributed by atoms with E-state index in [2.05, 4.69) is 10.6 Å². The first-order chi connectivity index (χ1) is 11.7. The normalized spacial score (nSPS) is 11.0. The molecule has 0 radical (unpaired) electrons. The molecule has 0 unspecified atom stereocenters. The number of alkyl carbamates (subject to hydrolysis) is 1. The Hall–Kier alpha value is -2.83.